The van der Waals surface area contributed by atoms with E-state index in [1.54, 1.807) is 9.13 Å². The van der Waals surface area contributed by atoms with Crippen LogP contribution in [0.1, 0.15) is 22.3 Å². The van der Waals surface area contributed by atoms with Gasteiger partial charge in [0.2, 0.25) is 0 Å². The molecule has 7 aromatic carbocycles. The lowest BCUT2D eigenvalue weighted by Crippen LogP contribution is -2.29. The van der Waals surface area contributed by atoms with Crippen LogP contribution in [0.3, 0.4) is 0 Å². The number of imidazole rings is 1. The van der Waals surface area contributed by atoms with Crippen molar-refractivity contribution in [1.82, 2.24) is 19.1 Å². The van der Waals surface area contributed by atoms with Gasteiger partial charge in [0.05, 0.1) is 27.8 Å². The van der Waals surface area contributed by atoms with Gasteiger partial charge in [0, 0.05) is 36.3 Å². The second-order valence-electron chi connectivity index (χ2n) is 14.2. The monoisotopic (exact) mass is 708 g/mol. The summed E-state index contributed by atoms with van der Waals surface area (Å²) in [6.45, 7) is 0. The third-order valence-electron chi connectivity index (χ3n) is 11.3. The standard InChI is InChI=1S/C50H36N4O/c1-53-45-27-15-23-38(47(45)54(2)49(53)55)33-28-30-34(31-29-33)43-32-44(52-48(51-43)35-16-6-3-7-17-35)41-25-14-24-40-39-22-12-13-26-42(39)50(46(40)41,36-18-8-4-9-19-36)37-20-10-5-11-21-37/h3-32H,1-2H3. The van der Waals surface area contributed by atoms with E-state index < -0.39 is 5.41 Å². The first-order chi connectivity index (χ1) is 27.0. The summed E-state index contributed by atoms with van der Waals surface area (Å²) < 4.78 is 3.42. The second kappa shape index (κ2) is 12.8. The molecule has 0 unspecified atom stereocenters. The molecule has 0 amide bonds. The number of aryl methyl sites for hydroxylation is 2. The number of nitrogens with zero attached hydrogens (tertiary/aromatic N) is 4. The average Bonchev–Trinajstić information content (AvgIpc) is 3.69. The Kier molecular flexibility index (Phi) is 7.56. The fraction of sp³-hybridized carbons (Fsp3) is 0.0600. The molecular formula is C50H36N4O. The molecule has 55 heavy (non-hydrogen) atoms. The first-order valence-corrected chi connectivity index (χ1v) is 18.6. The quantitative estimate of drug-likeness (QED) is 0.173. The molecule has 2 heterocycles. The normalized spacial score (nSPS) is 12.8. The van der Waals surface area contributed by atoms with Crippen molar-refractivity contribution < 1.29 is 0 Å². The van der Waals surface area contributed by atoms with E-state index in [0.29, 0.717) is 5.82 Å². The molecule has 10 rings (SSSR count). The minimum Gasteiger partial charge on any atom is -0.295 e. The van der Waals surface area contributed by atoms with Gasteiger partial charge in [0.15, 0.2) is 5.82 Å². The van der Waals surface area contributed by atoms with Gasteiger partial charge in [0.1, 0.15) is 0 Å². The summed E-state index contributed by atoms with van der Waals surface area (Å²) in [5, 5.41) is 0. The van der Waals surface area contributed by atoms with Crippen LogP contribution in [0.2, 0.25) is 0 Å². The molecule has 2 aromatic heterocycles. The minimum atomic E-state index is -0.580. The van der Waals surface area contributed by atoms with Crippen LogP contribution in [0.25, 0.3) is 67.2 Å². The Morgan fingerprint density at radius 3 is 1.71 bits per heavy atom. The van der Waals surface area contributed by atoms with E-state index in [2.05, 4.69) is 152 Å². The van der Waals surface area contributed by atoms with Crippen molar-refractivity contribution in [3.63, 3.8) is 0 Å². The molecule has 1 aliphatic carbocycles. The van der Waals surface area contributed by atoms with Gasteiger partial charge >= 0.3 is 5.69 Å². The van der Waals surface area contributed by atoms with Crippen LogP contribution in [-0.4, -0.2) is 19.1 Å². The maximum atomic E-state index is 12.9. The van der Waals surface area contributed by atoms with Crippen LogP contribution in [-0.2, 0) is 19.5 Å². The Labute approximate surface area is 319 Å². The Morgan fingerprint density at radius 1 is 0.455 bits per heavy atom. The van der Waals surface area contributed by atoms with Gasteiger partial charge in [-0.1, -0.05) is 170 Å². The SMILES string of the molecule is Cn1c(=O)n(C)c2c(-c3ccc(-c4cc(-c5cccc6c5C(c5ccccc5)(c5ccccc5)c5ccccc5-6)nc(-c5ccccc5)n4)cc3)cccc21. The van der Waals surface area contributed by atoms with Crippen LogP contribution in [0.15, 0.2) is 187 Å². The number of rotatable bonds is 6. The predicted octanol–water partition coefficient (Wildman–Crippen LogP) is 10.7. The highest BCUT2D eigenvalue weighted by molar-refractivity contribution is 5.94. The summed E-state index contributed by atoms with van der Waals surface area (Å²) in [4.78, 5) is 23.4. The van der Waals surface area contributed by atoms with Gasteiger partial charge in [-0.2, -0.15) is 0 Å². The van der Waals surface area contributed by atoms with Crippen LogP contribution in [0.4, 0.5) is 0 Å². The number of aromatic nitrogens is 4. The fourth-order valence-corrected chi connectivity index (χ4v) is 8.80. The summed E-state index contributed by atoms with van der Waals surface area (Å²) in [6, 6.07) is 64.2. The topological polar surface area (TPSA) is 52.7 Å². The van der Waals surface area contributed by atoms with Gasteiger partial charge in [-0.25, -0.2) is 14.8 Å². The second-order valence-corrected chi connectivity index (χ2v) is 14.2. The van der Waals surface area contributed by atoms with Gasteiger partial charge < -0.3 is 0 Å². The molecule has 262 valence electrons. The van der Waals surface area contributed by atoms with Gasteiger partial charge in [-0.3, -0.25) is 9.13 Å². The fourth-order valence-electron chi connectivity index (χ4n) is 8.80. The van der Waals surface area contributed by atoms with E-state index in [1.807, 2.05) is 44.4 Å². The molecule has 0 bridgehead atoms. The predicted molar refractivity (Wildman–Crippen MR) is 223 cm³/mol. The maximum Gasteiger partial charge on any atom is 0.328 e. The first kappa shape index (κ1) is 32.5. The Morgan fingerprint density at radius 2 is 1.00 bits per heavy atom. The molecule has 5 nitrogen and oxygen atoms in total. The van der Waals surface area contributed by atoms with Crippen LogP contribution in [0.5, 0.6) is 0 Å². The van der Waals surface area contributed by atoms with Crippen molar-refractivity contribution in [2.24, 2.45) is 14.1 Å². The Bertz CT molecular complexity index is 2910. The molecule has 0 fully saturated rings. The molecule has 0 atom stereocenters. The smallest absolute Gasteiger partial charge is 0.295 e. The number of fused-ring (bicyclic) bond motifs is 4. The summed E-state index contributed by atoms with van der Waals surface area (Å²) in [5.41, 5.74) is 15.2. The molecule has 0 spiro atoms. The number of hydrogen-bond donors (Lipinski definition) is 0. The molecule has 0 radical (unpaired) electrons. The highest BCUT2D eigenvalue weighted by Gasteiger charge is 2.47. The largest absolute Gasteiger partial charge is 0.328 e. The summed E-state index contributed by atoms with van der Waals surface area (Å²) in [7, 11) is 3.65. The summed E-state index contributed by atoms with van der Waals surface area (Å²) in [5.74, 6) is 0.666. The molecule has 0 N–H and O–H groups in total. The zero-order chi connectivity index (χ0) is 37.1. The molecule has 1 aliphatic rings. The van der Waals surface area contributed by atoms with Crippen molar-refractivity contribution in [3.8, 4) is 56.2 Å². The van der Waals surface area contributed by atoms with Gasteiger partial charge in [0.25, 0.3) is 0 Å². The van der Waals surface area contributed by atoms with Gasteiger partial charge in [-0.15, -0.1) is 0 Å². The third-order valence-corrected chi connectivity index (χ3v) is 11.3. The number of para-hydroxylation sites is 1. The highest BCUT2D eigenvalue weighted by Crippen LogP contribution is 2.58. The first-order valence-electron chi connectivity index (χ1n) is 18.6. The van der Waals surface area contributed by atoms with E-state index in [0.717, 1.165) is 50.2 Å². The van der Waals surface area contributed by atoms with E-state index in [-0.39, 0.29) is 5.69 Å². The van der Waals surface area contributed by atoms with Crippen molar-refractivity contribution >= 4 is 11.0 Å². The molecule has 0 saturated carbocycles. The molecule has 9 aromatic rings. The molecule has 0 saturated heterocycles. The highest BCUT2D eigenvalue weighted by atomic mass is 16.1. The Balaban J connectivity index is 1.20. The lowest BCUT2D eigenvalue weighted by atomic mass is 9.66. The van der Waals surface area contributed by atoms with E-state index >= 15 is 0 Å². The third kappa shape index (κ3) is 4.97. The lowest BCUT2D eigenvalue weighted by Gasteiger charge is -2.35. The Hall–Kier alpha value is -7.11. The minimum absolute atomic E-state index is 0.0416. The molecular weight excluding hydrogens is 673 g/mol. The van der Waals surface area contributed by atoms with Crippen molar-refractivity contribution in [2.45, 2.75) is 5.41 Å². The number of hydrogen-bond acceptors (Lipinski definition) is 3. The van der Waals surface area contributed by atoms with Crippen molar-refractivity contribution in [3.05, 3.63) is 215 Å². The molecule has 5 heteroatoms. The zero-order valence-corrected chi connectivity index (χ0v) is 30.5. The average molecular weight is 709 g/mol. The van der Waals surface area contributed by atoms with Crippen molar-refractivity contribution in [2.75, 3.05) is 0 Å². The molecule has 0 aliphatic heterocycles. The van der Waals surface area contributed by atoms with Crippen molar-refractivity contribution in [1.29, 1.82) is 0 Å². The van der Waals surface area contributed by atoms with E-state index in [1.165, 1.54) is 33.4 Å². The maximum absolute atomic E-state index is 12.9. The zero-order valence-electron chi connectivity index (χ0n) is 30.5. The summed E-state index contributed by atoms with van der Waals surface area (Å²) in [6.07, 6.45) is 0. The van der Waals surface area contributed by atoms with E-state index in [9.17, 15) is 4.79 Å². The lowest BCUT2D eigenvalue weighted by molar-refractivity contribution is 0.769. The number of benzene rings is 7. The van der Waals surface area contributed by atoms with Crippen LogP contribution >= 0.6 is 0 Å². The van der Waals surface area contributed by atoms with E-state index in [4.69, 9.17) is 9.97 Å². The van der Waals surface area contributed by atoms with Crippen LogP contribution in [0, 0.1) is 0 Å². The van der Waals surface area contributed by atoms with Crippen LogP contribution < -0.4 is 5.69 Å². The summed E-state index contributed by atoms with van der Waals surface area (Å²) >= 11 is 0. The van der Waals surface area contributed by atoms with Gasteiger partial charge in [-0.05, 0) is 51.1 Å².